The Hall–Kier alpha value is -4.89. The lowest BCUT2D eigenvalue weighted by atomic mass is 9.91. The first-order valence-corrected chi connectivity index (χ1v) is 20.3. The molecule has 13 heteroatoms. The standard InChI is InChI=1S/C42H43N3O8S2/c1-27-10-20-34(21-11-27)55(50,51)45-36(23-29-7-4-3-5-8-29)39(47)44-24-30-12-18-33(19-13-30)42-52-37(26-54-40-35(41(48)49)9-6-22-43-40)28(2)38(53-42)32-16-14-31(25-46)15-17-32/h3-22,28,36-38,42,45-46H,23-26H2,1-2H3,(H,44,47)(H,48,49). The number of nitrogens with zero attached hydrogens (tertiary/aromatic N) is 1. The second kappa shape index (κ2) is 18.2. The fraction of sp³-hybridized carbons (Fsp3) is 0.262. The number of ether oxygens (including phenoxy) is 2. The van der Waals surface area contributed by atoms with Crippen molar-refractivity contribution in [1.82, 2.24) is 15.0 Å². The van der Waals surface area contributed by atoms with E-state index in [2.05, 4.69) is 15.0 Å². The normalized spacial score (nSPS) is 19.0. The highest BCUT2D eigenvalue weighted by Gasteiger charge is 2.38. The first-order valence-electron chi connectivity index (χ1n) is 17.8. The molecule has 0 radical (unpaired) electrons. The van der Waals surface area contributed by atoms with Crippen molar-refractivity contribution >= 4 is 33.7 Å². The van der Waals surface area contributed by atoms with Crippen LogP contribution in [0.2, 0.25) is 0 Å². The SMILES string of the molecule is Cc1ccc(S(=O)(=O)NC(Cc2ccccc2)C(=O)NCc2ccc(C3OC(CSc4ncccc4C(=O)O)C(C)C(c4ccc(CO)cc4)O3)cc2)cc1. The molecule has 0 aliphatic carbocycles. The van der Waals surface area contributed by atoms with E-state index in [1.54, 1.807) is 24.4 Å². The Bertz CT molecular complexity index is 2170. The molecule has 0 spiro atoms. The third-order valence-corrected chi connectivity index (χ3v) is 12.0. The second-order valence-corrected chi connectivity index (χ2v) is 16.2. The zero-order chi connectivity index (χ0) is 39.0. The van der Waals surface area contributed by atoms with Crippen LogP contribution in [-0.2, 0) is 43.9 Å². The van der Waals surface area contributed by atoms with Gasteiger partial charge in [0.1, 0.15) is 11.1 Å². The number of benzene rings is 4. The average molecular weight is 782 g/mol. The Labute approximate surface area is 325 Å². The van der Waals surface area contributed by atoms with Crippen molar-refractivity contribution in [3.05, 3.63) is 160 Å². The van der Waals surface area contributed by atoms with Crippen molar-refractivity contribution in [2.45, 2.75) is 67.9 Å². The molecule has 4 N–H and O–H groups in total. The van der Waals surface area contributed by atoms with Gasteiger partial charge >= 0.3 is 5.97 Å². The third kappa shape index (κ3) is 10.3. The zero-order valence-corrected chi connectivity index (χ0v) is 32.0. The number of aryl methyl sites for hydroxylation is 1. The summed E-state index contributed by atoms with van der Waals surface area (Å²) in [5.41, 5.74) is 5.07. The van der Waals surface area contributed by atoms with Crippen LogP contribution in [0.15, 0.2) is 131 Å². The van der Waals surface area contributed by atoms with Gasteiger partial charge in [-0.15, -0.1) is 11.8 Å². The van der Waals surface area contributed by atoms with Crippen LogP contribution < -0.4 is 10.0 Å². The van der Waals surface area contributed by atoms with E-state index in [0.29, 0.717) is 10.8 Å². The van der Waals surface area contributed by atoms with Gasteiger partial charge in [0.25, 0.3) is 0 Å². The maximum atomic E-state index is 13.6. The van der Waals surface area contributed by atoms with Crippen LogP contribution in [0.1, 0.15) is 63.1 Å². The van der Waals surface area contributed by atoms with Gasteiger partial charge in [0.2, 0.25) is 15.9 Å². The molecule has 2 heterocycles. The van der Waals surface area contributed by atoms with Gasteiger partial charge in [-0.1, -0.05) is 103 Å². The fourth-order valence-electron chi connectivity index (χ4n) is 6.25. The summed E-state index contributed by atoms with van der Waals surface area (Å²) in [6, 6.07) is 32.7. The predicted molar refractivity (Wildman–Crippen MR) is 209 cm³/mol. The van der Waals surface area contributed by atoms with Crippen LogP contribution >= 0.6 is 11.8 Å². The number of carbonyl (C=O) groups is 2. The van der Waals surface area contributed by atoms with Gasteiger partial charge in [0.05, 0.1) is 29.3 Å². The first kappa shape index (κ1) is 39.8. The summed E-state index contributed by atoms with van der Waals surface area (Å²) < 4.78 is 42.3. The van der Waals surface area contributed by atoms with Crippen LogP contribution in [0, 0.1) is 12.8 Å². The fourth-order valence-corrected chi connectivity index (χ4v) is 8.60. The maximum Gasteiger partial charge on any atom is 0.338 e. The summed E-state index contributed by atoms with van der Waals surface area (Å²) in [6.07, 6.45) is 0.242. The minimum atomic E-state index is -3.99. The molecule has 1 aromatic heterocycles. The van der Waals surface area contributed by atoms with Crippen LogP contribution in [0.4, 0.5) is 0 Å². The van der Waals surface area contributed by atoms with Crippen molar-refractivity contribution < 1.29 is 37.7 Å². The van der Waals surface area contributed by atoms with Crippen molar-refractivity contribution in [2.75, 3.05) is 5.75 Å². The summed E-state index contributed by atoms with van der Waals surface area (Å²) in [5.74, 6) is -1.22. The topological polar surface area (TPSA) is 164 Å². The molecular formula is C42H43N3O8S2. The monoisotopic (exact) mass is 781 g/mol. The molecule has 1 fully saturated rings. The number of hydrogen-bond acceptors (Lipinski definition) is 9. The molecule has 5 unspecified atom stereocenters. The molecular weight excluding hydrogens is 739 g/mol. The number of hydrogen-bond donors (Lipinski definition) is 4. The summed E-state index contributed by atoms with van der Waals surface area (Å²) in [5, 5.41) is 22.6. The Morgan fingerprint density at radius 2 is 1.51 bits per heavy atom. The van der Waals surface area contributed by atoms with Crippen molar-refractivity contribution in [3.8, 4) is 0 Å². The van der Waals surface area contributed by atoms with E-state index < -0.39 is 34.2 Å². The number of pyridine rings is 1. The largest absolute Gasteiger partial charge is 0.478 e. The van der Waals surface area contributed by atoms with E-state index in [1.165, 1.54) is 30.0 Å². The van der Waals surface area contributed by atoms with Crippen molar-refractivity contribution in [3.63, 3.8) is 0 Å². The molecule has 55 heavy (non-hydrogen) atoms. The van der Waals surface area contributed by atoms with Crippen LogP contribution in [-0.4, -0.2) is 53.4 Å². The minimum absolute atomic E-state index is 0.0769. The highest BCUT2D eigenvalue weighted by atomic mass is 32.2. The number of carboxylic acids is 1. The lowest BCUT2D eigenvalue weighted by Gasteiger charge is -2.41. The molecule has 1 aliphatic rings. The van der Waals surface area contributed by atoms with Gasteiger partial charge in [-0.3, -0.25) is 4.79 Å². The first-order chi connectivity index (χ1) is 26.5. The van der Waals surface area contributed by atoms with E-state index in [1.807, 2.05) is 92.7 Å². The maximum absolute atomic E-state index is 13.6. The van der Waals surface area contributed by atoms with Gasteiger partial charge in [0.15, 0.2) is 6.29 Å². The molecule has 1 aliphatic heterocycles. The number of carboxylic acid groups (broad SMARTS) is 1. The number of aromatic nitrogens is 1. The number of rotatable bonds is 15. The number of sulfonamides is 1. The number of thioether (sulfide) groups is 1. The van der Waals surface area contributed by atoms with Gasteiger partial charge in [0, 0.05) is 30.0 Å². The Kier molecular flexibility index (Phi) is 13.1. The van der Waals surface area contributed by atoms with Gasteiger partial charge in [-0.25, -0.2) is 18.2 Å². The lowest BCUT2D eigenvalue weighted by molar-refractivity contribution is -0.268. The molecule has 11 nitrogen and oxygen atoms in total. The van der Waals surface area contributed by atoms with Crippen LogP contribution in [0.25, 0.3) is 0 Å². The Morgan fingerprint density at radius 3 is 2.18 bits per heavy atom. The summed E-state index contributed by atoms with van der Waals surface area (Å²) in [6.45, 7) is 3.97. The number of aliphatic hydroxyl groups excluding tert-OH is 1. The minimum Gasteiger partial charge on any atom is -0.478 e. The number of amides is 1. The van der Waals surface area contributed by atoms with E-state index in [4.69, 9.17) is 9.47 Å². The highest BCUT2D eigenvalue weighted by Crippen LogP contribution is 2.43. The average Bonchev–Trinajstić information content (AvgIpc) is 3.20. The highest BCUT2D eigenvalue weighted by molar-refractivity contribution is 7.99. The molecule has 4 aromatic carbocycles. The van der Waals surface area contributed by atoms with E-state index in [-0.39, 0.29) is 48.2 Å². The molecule has 0 saturated carbocycles. The molecule has 1 saturated heterocycles. The van der Waals surface area contributed by atoms with Crippen LogP contribution in [0.5, 0.6) is 0 Å². The van der Waals surface area contributed by atoms with E-state index in [0.717, 1.165) is 33.4 Å². The predicted octanol–water partition coefficient (Wildman–Crippen LogP) is 6.37. The Balaban J connectivity index is 1.16. The van der Waals surface area contributed by atoms with Crippen LogP contribution in [0.3, 0.4) is 0 Å². The van der Waals surface area contributed by atoms with E-state index in [9.17, 15) is 28.2 Å². The lowest BCUT2D eigenvalue weighted by Crippen LogP contribution is -2.47. The summed E-state index contributed by atoms with van der Waals surface area (Å²) >= 11 is 1.31. The molecule has 1 amide bonds. The van der Waals surface area contributed by atoms with E-state index >= 15 is 0 Å². The third-order valence-electron chi connectivity index (χ3n) is 9.46. The molecule has 0 bridgehead atoms. The van der Waals surface area contributed by atoms with Crippen molar-refractivity contribution in [1.29, 1.82) is 0 Å². The number of aliphatic hydroxyl groups is 1. The quantitative estimate of drug-likeness (QED) is 0.0878. The van der Waals surface area contributed by atoms with Gasteiger partial charge < -0.3 is 25.0 Å². The van der Waals surface area contributed by atoms with Crippen molar-refractivity contribution in [2.24, 2.45) is 5.92 Å². The zero-order valence-electron chi connectivity index (χ0n) is 30.4. The molecule has 5 atom stereocenters. The smallest absolute Gasteiger partial charge is 0.338 e. The number of carbonyl (C=O) groups excluding carboxylic acids is 1. The molecule has 286 valence electrons. The summed E-state index contributed by atoms with van der Waals surface area (Å²) in [7, 11) is -3.99. The number of nitrogens with one attached hydrogen (secondary N) is 2. The summed E-state index contributed by atoms with van der Waals surface area (Å²) in [4.78, 5) is 29.8. The molecule has 6 rings (SSSR count). The van der Waals surface area contributed by atoms with Gasteiger partial charge in [-0.2, -0.15) is 4.72 Å². The van der Waals surface area contributed by atoms with Gasteiger partial charge in [-0.05, 0) is 59.9 Å². The molecule has 5 aromatic rings. The Morgan fingerprint density at radius 1 is 0.836 bits per heavy atom. The second-order valence-electron chi connectivity index (χ2n) is 13.4. The number of aromatic carboxylic acids is 1.